The molecule has 1 aromatic carbocycles. The largest absolute Gasteiger partial charge is 0.395 e. The molecule has 132 valence electrons. The third-order valence-corrected chi connectivity index (χ3v) is 5.33. The van der Waals surface area contributed by atoms with Crippen LogP contribution >= 0.6 is 11.5 Å². The molecule has 25 heavy (non-hydrogen) atoms. The van der Waals surface area contributed by atoms with E-state index in [9.17, 15) is 9.59 Å². The number of likely N-dealkylation sites (tertiary alicyclic amines) is 1. The minimum Gasteiger partial charge on any atom is -0.395 e. The van der Waals surface area contributed by atoms with Crippen LogP contribution in [0.25, 0.3) is 0 Å². The maximum Gasteiger partial charge on any atom is 0.275 e. The molecule has 0 radical (unpaired) electrons. The molecule has 7 heteroatoms. The molecule has 2 aromatic rings. The van der Waals surface area contributed by atoms with Gasteiger partial charge < -0.3 is 16.0 Å². The highest BCUT2D eigenvalue weighted by atomic mass is 32.1. The maximum absolute atomic E-state index is 12.4. The molecule has 0 bridgehead atoms. The zero-order chi connectivity index (χ0) is 17.8. The standard InChI is InChI=1S/C18H22N4O2S/c1-12(13-7-3-2-4-8-13)11-20-17(23)16-14(19)15(21-25-16)18(24)22-9-5-6-10-22/h2-4,7-8,12H,5-6,9-11,19H2,1H3,(H,20,23). The Morgan fingerprint density at radius 2 is 1.96 bits per heavy atom. The molecule has 6 nitrogen and oxygen atoms in total. The van der Waals surface area contributed by atoms with E-state index in [1.807, 2.05) is 37.3 Å². The first-order valence-corrected chi connectivity index (χ1v) is 9.23. The van der Waals surface area contributed by atoms with Crippen molar-refractivity contribution in [3.8, 4) is 0 Å². The number of benzene rings is 1. The average molecular weight is 358 g/mol. The van der Waals surface area contributed by atoms with E-state index >= 15 is 0 Å². The number of nitrogens with two attached hydrogens (primary N) is 1. The van der Waals surface area contributed by atoms with Crippen LogP contribution in [0.1, 0.15) is 51.4 Å². The van der Waals surface area contributed by atoms with Crippen LogP contribution in [-0.2, 0) is 0 Å². The predicted octanol–water partition coefficient (Wildman–Crippen LogP) is 2.49. The average Bonchev–Trinajstić information content (AvgIpc) is 3.29. The lowest BCUT2D eigenvalue weighted by Crippen LogP contribution is -2.29. The SMILES string of the molecule is CC(CNC(=O)c1snc(C(=O)N2CCCC2)c1N)c1ccccc1. The lowest BCUT2D eigenvalue weighted by molar-refractivity contribution is 0.0789. The zero-order valence-corrected chi connectivity index (χ0v) is 15.0. The van der Waals surface area contributed by atoms with E-state index in [-0.39, 0.29) is 29.1 Å². The summed E-state index contributed by atoms with van der Waals surface area (Å²) in [6.07, 6.45) is 2.00. The van der Waals surface area contributed by atoms with Crippen LogP contribution in [0, 0.1) is 0 Å². The number of carbonyl (C=O) groups is 2. The van der Waals surface area contributed by atoms with E-state index in [1.54, 1.807) is 4.90 Å². The molecule has 3 N–H and O–H groups in total. The lowest BCUT2D eigenvalue weighted by Gasteiger charge is -2.14. The van der Waals surface area contributed by atoms with Crippen molar-refractivity contribution in [1.29, 1.82) is 0 Å². The predicted molar refractivity (Wildman–Crippen MR) is 98.9 cm³/mol. The molecule has 1 aliphatic rings. The number of hydrogen-bond donors (Lipinski definition) is 2. The summed E-state index contributed by atoms with van der Waals surface area (Å²) in [6.45, 7) is 4.00. The van der Waals surface area contributed by atoms with Crippen LogP contribution < -0.4 is 11.1 Å². The number of hydrogen-bond acceptors (Lipinski definition) is 5. The normalized spacial score (nSPS) is 15.2. The number of nitrogens with zero attached hydrogens (tertiary/aromatic N) is 2. The van der Waals surface area contributed by atoms with Crippen molar-refractivity contribution in [3.05, 3.63) is 46.5 Å². The van der Waals surface area contributed by atoms with Crippen LogP contribution in [0.4, 0.5) is 5.69 Å². The van der Waals surface area contributed by atoms with Gasteiger partial charge in [-0.15, -0.1) is 0 Å². The van der Waals surface area contributed by atoms with Crippen LogP contribution in [-0.4, -0.2) is 40.7 Å². The molecule has 0 aliphatic carbocycles. The van der Waals surface area contributed by atoms with Crippen molar-refractivity contribution >= 4 is 29.0 Å². The summed E-state index contributed by atoms with van der Waals surface area (Å²) >= 11 is 0.984. The van der Waals surface area contributed by atoms with Gasteiger partial charge in [-0.05, 0) is 35.9 Å². The Labute approximate surface area is 151 Å². The topological polar surface area (TPSA) is 88.3 Å². The minimum absolute atomic E-state index is 0.178. The number of rotatable bonds is 5. The van der Waals surface area contributed by atoms with E-state index in [2.05, 4.69) is 9.69 Å². The van der Waals surface area contributed by atoms with Crippen molar-refractivity contribution in [2.24, 2.45) is 0 Å². The highest BCUT2D eigenvalue weighted by Crippen LogP contribution is 2.24. The lowest BCUT2D eigenvalue weighted by atomic mass is 10.0. The van der Waals surface area contributed by atoms with Crippen LogP contribution in [0.5, 0.6) is 0 Å². The number of amides is 2. The van der Waals surface area contributed by atoms with Gasteiger partial charge in [0.25, 0.3) is 11.8 Å². The molecule has 2 amide bonds. The molecular weight excluding hydrogens is 336 g/mol. The quantitative estimate of drug-likeness (QED) is 0.859. The summed E-state index contributed by atoms with van der Waals surface area (Å²) in [4.78, 5) is 26.9. The Morgan fingerprint density at radius 1 is 1.28 bits per heavy atom. The Hall–Kier alpha value is -2.41. The smallest absolute Gasteiger partial charge is 0.275 e. The molecule has 0 spiro atoms. The molecule has 1 fully saturated rings. The second-order valence-electron chi connectivity index (χ2n) is 6.30. The van der Waals surface area contributed by atoms with Crippen molar-refractivity contribution in [2.45, 2.75) is 25.7 Å². The monoisotopic (exact) mass is 358 g/mol. The van der Waals surface area contributed by atoms with Gasteiger partial charge in [-0.2, -0.15) is 4.37 Å². The Bertz CT molecular complexity index is 754. The fourth-order valence-corrected chi connectivity index (χ4v) is 3.62. The maximum atomic E-state index is 12.4. The summed E-state index contributed by atoms with van der Waals surface area (Å²) in [6, 6.07) is 9.98. The van der Waals surface area contributed by atoms with Crippen molar-refractivity contribution < 1.29 is 9.59 Å². The Balaban J connectivity index is 1.64. The van der Waals surface area contributed by atoms with Gasteiger partial charge in [0.2, 0.25) is 0 Å². The fourth-order valence-electron chi connectivity index (χ4n) is 2.91. The highest BCUT2D eigenvalue weighted by molar-refractivity contribution is 7.09. The first kappa shape index (κ1) is 17.4. The fraction of sp³-hybridized carbons (Fsp3) is 0.389. The summed E-state index contributed by atoms with van der Waals surface area (Å²) in [5.74, 6) is -0.272. The number of nitrogen functional groups attached to an aromatic ring is 1. The number of anilines is 1. The number of carbonyl (C=O) groups excluding carboxylic acids is 2. The molecule has 1 aliphatic heterocycles. The summed E-state index contributed by atoms with van der Waals surface area (Å²) in [5, 5.41) is 2.89. The molecule has 3 rings (SSSR count). The molecule has 1 atom stereocenters. The van der Waals surface area contributed by atoms with Gasteiger partial charge in [-0.3, -0.25) is 9.59 Å². The van der Waals surface area contributed by atoms with Crippen LogP contribution in [0.15, 0.2) is 30.3 Å². The molecule has 2 heterocycles. The second kappa shape index (κ2) is 7.65. The molecule has 0 saturated carbocycles. The van der Waals surface area contributed by atoms with Gasteiger partial charge in [0.05, 0.1) is 5.69 Å². The van der Waals surface area contributed by atoms with Crippen molar-refractivity contribution in [2.75, 3.05) is 25.4 Å². The van der Waals surface area contributed by atoms with Crippen molar-refractivity contribution in [3.63, 3.8) is 0 Å². The molecular formula is C18H22N4O2S. The van der Waals surface area contributed by atoms with Gasteiger partial charge in [-0.25, -0.2) is 0 Å². The first-order valence-electron chi connectivity index (χ1n) is 8.45. The summed E-state index contributed by atoms with van der Waals surface area (Å²) in [5.41, 5.74) is 7.58. The Kier molecular flexibility index (Phi) is 5.33. The number of nitrogens with one attached hydrogen (secondary N) is 1. The van der Waals surface area contributed by atoms with Crippen LogP contribution in [0.3, 0.4) is 0 Å². The van der Waals surface area contributed by atoms with E-state index in [4.69, 9.17) is 5.73 Å². The number of aromatic nitrogens is 1. The van der Waals surface area contributed by atoms with Gasteiger partial charge in [0.1, 0.15) is 4.88 Å². The summed E-state index contributed by atoms with van der Waals surface area (Å²) < 4.78 is 4.13. The third-order valence-electron chi connectivity index (χ3n) is 4.47. The van der Waals surface area contributed by atoms with Gasteiger partial charge >= 0.3 is 0 Å². The van der Waals surface area contributed by atoms with E-state index in [0.29, 0.717) is 11.4 Å². The van der Waals surface area contributed by atoms with E-state index in [1.165, 1.54) is 0 Å². The first-order chi connectivity index (χ1) is 12.1. The van der Waals surface area contributed by atoms with Crippen molar-refractivity contribution in [1.82, 2.24) is 14.6 Å². The Morgan fingerprint density at radius 3 is 2.64 bits per heavy atom. The molecule has 1 unspecified atom stereocenters. The van der Waals surface area contributed by atoms with Crippen LogP contribution in [0.2, 0.25) is 0 Å². The summed E-state index contributed by atoms with van der Waals surface area (Å²) in [7, 11) is 0. The van der Waals surface area contributed by atoms with Gasteiger partial charge in [0.15, 0.2) is 5.69 Å². The highest BCUT2D eigenvalue weighted by Gasteiger charge is 2.27. The molecule has 1 aromatic heterocycles. The van der Waals surface area contributed by atoms with E-state index in [0.717, 1.165) is 43.0 Å². The zero-order valence-electron chi connectivity index (χ0n) is 14.2. The van der Waals surface area contributed by atoms with Gasteiger partial charge in [-0.1, -0.05) is 37.3 Å². The molecule has 1 saturated heterocycles. The van der Waals surface area contributed by atoms with E-state index < -0.39 is 0 Å². The second-order valence-corrected chi connectivity index (χ2v) is 7.07. The third kappa shape index (κ3) is 3.82. The minimum atomic E-state index is -0.279. The van der Waals surface area contributed by atoms with Gasteiger partial charge in [0, 0.05) is 19.6 Å².